The molecule has 1 aliphatic rings. The Hall–Kier alpha value is -2.11. The van der Waals surface area contributed by atoms with Gasteiger partial charge in [0.05, 0.1) is 30.0 Å². The molecule has 0 spiro atoms. The van der Waals surface area contributed by atoms with Crippen molar-refractivity contribution in [2.24, 2.45) is 0 Å². The van der Waals surface area contributed by atoms with Gasteiger partial charge in [-0.05, 0) is 18.2 Å². The Morgan fingerprint density at radius 2 is 2.22 bits per heavy atom. The average molecular weight is 339 g/mol. The van der Waals surface area contributed by atoms with E-state index >= 15 is 0 Å². The average Bonchev–Trinajstić information content (AvgIpc) is 3.08. The molecule has 0 radical (unpaired) electrons. The molecular weight excluding hydrogens is 327 g/mol. The van der Waals surface area contributed by atoms with E-state index in [2.05, 4.69) is 4.98 Å². The first-order valence-electron chi connectivity index (χ1n) is 6.86. The van der Waals surface area contributed by atoms with Crippen LogP contribution in [0.3, 0.4) is 0 Å². The number of anilines is 1. The van der Waals surface area contributed by atoms with Gasteiger partial charge in [-0.15, -0.1) is 11.3 Å². The molecule has 0 amide bonds. The molecule has 1 atom stereocenters. The molecule has 2 aromatic rings. The number of morpholine rings is 1. The molecule has 1 aromatic heterocycles. The smallest absolute Gasteiger partial charge is 0.367 e. The lowest BCUT2D eigenvalue weighted by Gasteiger charge is -2.34. The van der Waals surface area contributed by atoms with E-state index in [4.69, 9.17) is 4.74 Å². The standard InChI is InChI=1S/C15H12F3N3OS/c16-15(17,18)11-1-2-12(10(7-11)8-19)21-4-5-22-13(9-21)14-20-3-6-23-14/h1-3,6-7,13H,4-5,9H2. The van der Waals surface area contributed by atoms with Gasteiger partial charge in [0.1, 0.15) is 17.2 Å². The van der Waals surface area contributed by atoms with Crippen molar-refractivity contribution in [1.82, 2.24) is 4.98 Å². The highest BCUT2D eigenvalue weighted by Gasteiger charge is 2.32. The number of alkyl halides is 3. The molecule has 1 saturated heterocycles. The second-order valence-corrected chi connectivity index (χ2v) is 5.94. The molecule has 4 nitrogen and oxygen atoms in total. The second kappa shape index (κ2) is 6.18. The van der Waals surface area contributed by atoms with Gasteiger partial charge in [-0.3, -0.25) is 0 Å². The molecule has 23 heavy (non-hydrogen) atoms. The van der Waals surface area contributed by atoms with Crippen LogP contribution in [0.2, 0.25) is 0 Å². The van der Waals surface area contributed by atoms with E-state index in [0.717, 1.165) is 17.1 Å². The topological polar surface area (TPSA) is 49.2 Å². The Labute approximate surface area is 134 Å². The van der Waals surface area contributed by atoms with Crippen molar-refractivity contribution in [2.75, 3.05) is 24.6 Å². The summed E-state index contributed by atoms with van der Waals surface area (Å²) in [4.78, 5) is 6.08. The molecule has 1 aliphatic heterocycles. The minimum atomic E-state index is -4.46. The SMILES string of the molecule is N#Cc1cc(C(F)(F)F)ccc1N1CCOC(c2nccs2)C1. The Morgan fingerprint density at radius 1 is 1.39 bits per heavy atom. The number of hydrogen-bond donors (Lipinski definition) is 0. The molecular formula is C15H12F3N3OS. The molecule has 2 heterocycles. The van der Waals surface area contributed by atoms with Crippen LogP contribution in [-0.2, 0) is 10.9 Å². The number of nitrogens with zero attached hydrogens (tertiary/aromatic N) is 3. The summed E-state index contributed by atoms with van der Waals surface area (Å²) in [7, 11) is 0. The van der Waals surface area contributed by atoms with E-state index in [-0.39, 0.29) is 11.7 Å². The summed E-state index contributed by atoms with van der Waals surface area (Å²) in [5.41, 5.74) is -0.312. The van der Waals surface area contributed by atoms with Crippen molar-refractivity contribution < 1.29 is 17.9 Å². The maximum absolute atomic E-state index is 12.8. The van der Waals surface area contributed by atoms with Gasteiger partial charge in [0, 0.05) is 18.1 Å². The van der Waals surface area contributed by atoms with Gasteiger partial charge in [0.15, 0.2) is 0 Å². The Bertz CT molecular complexity index is 725. The minimum Gasteiger partial charge on any atom is -0.367 e. The number of ether oxygens (including phenoxy) is 1. The van der Waals surface area contributed by atoms with Gasteiger partial charge in [-0.2, -0.15) is 18.4 Å². The third kappa shape index (κ3) is 3.30. The zero-order valence-electron chi connectivity index (χ0n) is 11.9. The highest BCUT2D eigenvalue weighted by Crippen LogP contribution is 2.34. The highest BCUT2D eigenvalue weighted by atomic mass is 32.1. The van der Waals surface area contributed by atoms with Crippen LogP contribution in [0, 0.1) is 11.3 Å². The number of aromatic nitrogens is 1. The Balaban J connectivity index is 1.88. The van der Waals surface area contributed by atoms with Crippen molar-refractivity contribution in [2.45, 2.75) is 12.3 Å². The fourth-order valence-corrected chi connectivity index (χ4v) is 3.17. The van der Waals surface area contributed by atoms with E-state index in [0.29, 0.717) is 25.4 Å². The number of halogens is 3. The number of benzene rings is 1. The summed E-state index contributed by atoms with van der Waals surface area (Å²) in [6.07, 6.45) is -3.02. The van der Waals surface area contributed by atoms with E-state index in [9.17, 15) is 18.4 Å². The van der Waals surface area contributed by atoms with Crippen molar-refractivity contribution in [3.63, 3.8) is 0 Å². The molecule has 0 aliphatic carbocycles. The predicted molar refractivity (Wildman–Crippen MR) is 79.2 cm³/mol. The predicted octanol–water partition coefficient (Wildman–Crippen LogP) is 3.61. The Kier molecular flexibility index (Phi) is 4.24. The number of hydrogen-bond acceptors (Lipinski definition) is 5. The Morgan fingerprint density at radius 3 is 2.87 bits per heavy atom. The lowest BCUT2D eigenvalue weighted by atomic mass is 10.1. The molecule has 1 fully saturated rings. The van der Waals surface area contributed by atoms with Gasteiger partial charge in [0.2, 0.25) is 0 Å². The summed E-state index contributed by atoms with van der Waals surface area (Å²) in [6, 6.07) is 5.11. The van der Waals surface area contributed by atoms with Crippen LogP contribution in [0.25, 0.3) is 0 Å². The van der Waals surface area contributed by atoms with Crippen LogP contribution in [0.4, 0.5) is 18.9 Å². The molecule has 1 unspecified atom stereocenters. The third-order valence-electron chi connectivity index (χ3n) is 3.58. The van der Waals surface area contributed by atoms with Crippen LogP contribution in [-0.4, -0.2) is 24.7 Å². The largest absolute Gasteiger partial charge is 0.416 e. The van der Waals surface area contributed by atoms with Gasteiger partial charge < -0.3 is 9.64 Å². The lowest BCUT2D eigenvalue weighted by Crippen LogP contribution is -2.38. The van der Waals surface area contributed by atoms with Crippen LogP contribution in [0.5, 0.6) is 0 Å². The number of rotatable bonds is 2. The summed E-state index contributed by atoms with van der Waals surface area (Å²) >= 11 is 1.47. The van der Waals surface area contributed by atoms with E-state index in [1.807, 2.05) is 16.3 Å². The van der Waals surface area contributed by atoms with Crippen LogP contribution in [0.15, 0.2) is 29.8 Å². The second-order valence-electron chi connectivity index (χ2n) is 5.02. The van der Waals surface area contributed by atoms with Crippen LogP contribution >= 0.6 is 11.3 Å². The summed E-state index contributed by atoms with van der Waals surface area (Å²) < 4.78 is 44.0. The number of thiazole rings is 1. The fourth-order valence-electron chi connectivity index (χ4n) is 2.49. The van der Waals surface area contributed by atoms with E-state index < -0.39 is 11.7 Å². The normalized spacial score (nSPS) is 18.7. The quantitative estimate of drug-likeness (QED) is 0.839. The van der Waals surface area contributed by atoms with Crippen LogP contribution in [0.1, 0.15) is 22.2 Å². The van der Waals surface area contributed by atoms with Crippen LogP contribution < -0.4 is 4.90 Å². The van der Waals surface area contributed by atoms with Gasteiger partial charge in [-0.1, -0.05) is 0 Å². The maximum Gasteiger partial charge on any atom is 0.416 e. The first-order valence-corrected chi connectivity index (χ1v) is 7.74. The summed E-state index contributed by atoms with van der Waals surface area (Å²) in [5, 5.41) is 11.9. The van der Waals surface area contributed by atoms with Gasteiger partial charge >= 0.3 is 6.18 Å². The molecule has 0 bridgehead atoms. The van der Waals surface area contributed by atoms with Crippen molar-refractivity contribution in [3.8, 4) is 6.07 Å². The molecule has 120 valence electrons. The first kappa shape index (κ1) is 15.8. The summed E-state index contributed by atoms with van der Waals surface area (Å²) in [5.74, 6) is 0. The van der Waals surface area contributed by atoms with E-state index in [1.54, 1.807) is 6.20 Å². The molecule has 0 saturated carbocycles. The van der Waals surface area contributed by atoms with Gasteiger partial charge in [0.25, 0.3) is 0 Å². The van der Waals surface area contributed by atoms with Gasteiger partial charge in [-0.25, -0.2) is 4.98 Å². The monoisotopic (exact) mass is 339 g/mol. The maximum atomic E-state index is 12.8. The number of nitriles is 1. The van der Waals surface area contributed by atoms with Crippen molar-refractivity contribution in [1.29, 1.82) is 5.26 Å². The first-order chi connectivity index (χ1) is 11.0. The third-order valence-corrected chi connectivity index (χ3v) is 4.45. The molecule has 0 N–H and O–H groups in total. The highest BCUT2D eigenvalue weighted by molar-refractivity contribution is 7.09. The van der Waals surface area contributed by atoms with Crippen molar-refractivity contribution in [3.05, 3.63) is 45.9 Å². The zero-order valence-corrected chi connectivity index (χ0v) is 12.7. The fraction of sp³-hybridized carbons (Fsp3) is 0.333. The molecule has 1 aromatic carbocycles. The minimum absolute atomic E-state index is 0.0135. The summed E-state index contributed by atoms with van der Waals surface area (Å²) in [6.45, 7) is 1.39. The van der Waals surface area contributed by atoms with Crippen molar-refractivity contribution >= 4 is 17.0 Å². The molecule has 3 rings (SSSR count). The van der Waals surface area contributed by atoms with E-state index in [1.165, 1.54) is 17.4 Å². The zero-order chi connectivity index (χ0) is 16.4. The molecule has 8 heteroatoms. The lowest BCUT2D eigenvalue weighted by molar-refractivity contribution is -0.137.